The zero-order chi connectivity index (χ0) is 16.2. The van der Waals surface area contributed by atoms with E-state index in [4.69, 9.17) is 0 Å². The number of hydrogen-bond acceptors (Lipinski definition) is 6. The van der Waals surface area contributed by atoms with Crippen molar-refractivity contribution in [2.75, 3.05) is 5.32 Å². The minimum absolute atomic E-state index is 0.203. The van der Waals surface area contributed by atoms with Gasteiger partial charge in [-0.25, -0.2) is 9.67 Å². The van der Waals surface area contributed by atoms with Gasteiger partial charge in [-0.05, 0) is 54.1 Å². The lowest BCUT2D eigenvalue weighted by molar-refractivity contribution is -0.111. The van der Waals surface area contributed by atoms with E-state index in [-0.39, 0.29) is 5.91 Å². The molecule has 0 unspecified atom stereocenters. The van der Waals surface area contributed by atoms with Gasteiger partial charge in [0, 0.05) is 17.1 Å². The van der Waals surface area contributed by atoms with Crippen LogP contribution in [-0.2, 0) is 4.79 Å². The summed E-state index contributed by atoms with van der Waals surface area (Å²) in [6.45, 7) is 3.86. The highest BCUT2D eigenvalue weighted by Crippen LogP contribution is 2.18. The molecule has 2 aromatic heterocycles. The Morgan fingerprint density at radius 3 is 2.87 bits per heavy atom. The molecule has 0 spiro atoms. The zero-order valence-corrected chi connectivity index (χ0v) is 13.4. The van der Waals surface area contributed by atoms with Crippen molar-refractivity contribution < 1.29 is 4.79 Å². The van der Waals surface area contributed by atoms with E-state index in [0.717, 1.165) is 22.0 Å². The third-order valence-electron chi connectivity index (χ3n) is 3.10. The molecule has 1 N–H and O–H groups in total. The third kappa shape index (κ3) is 3.67. The molecule has 0 bridgehead atoms. The minimum Gasteiger partial charge on any atom is -0.323 e. The molecule has 2 heterocycles. The Labute approximate surface area is 136 Å². The van der Waals surface area contributed by atoms with Gasteiger partial charge in [-0.15, -0.1) is 16.4 Å². The zero-order valence-electron chi connectivity index (χ0n) is 12.6. The summed E-state index contributed by atoms with van der Waals surface area (Å²) in [5, 5.41) is 16.8. The van der Waals surface area contributed by atoms with Gasteiger partial charge in [0.2, 0.25) is 5.91 Å². The number of thiazole rings is 1. The molecular weight excluding hydrogens is 312 g/mol. The molecule has 0 aliphatic rings. The van der Waals surface area contributed by atoms with Crippen molar-refractivity contribution in [3.63, 3.8) is 0 Å². The molecule has 0 saturated carbocycles. The number of benzene rings is 1. The van der Waals surface area contributed by atoms with Crippen LogP contribution in [0.4, 0.5) is 5.69 Å². The number of carbonyl (C=O) groups excluding carboxylic acids is 1. The molecule has 1 amide bonds. The van der Waals surface area contributed by atoms with Crippen molar-refractivity contribution >= 4 is 29.0 Å². The van der Waals surface area contributed by atoms with Crippen LogP contribution in [0.2, 0.25) is 0 Å². The van der Waals surface area contributed by atoms with E-state index in [9.17, 15) is 4.79 Å². The van der Waals surface area contributed by atoms with Gasteiger partial charge in [0.1, 0.15) is 6.33 Å². The lowest BCUT2D eigenvalue weighted by Gasteiger charge is -2.07. The van der Waals surface area contributed by atoms with Gasteiger partial charge in [-0.1, -0.05) is 0 Å². The number of aromatic nitrogens is 5. The quantitative estimate of drug-likeness (QED) is 0.744. The lowest BCUT2D eigenvalue weighted by Crippen LogP contribution is -2.08. The molecule has 0 fully saturated rings. The Balaban J connectivity index is 1.69. The molecule has 3 rings (SSSR count). The van der Waals surface area contributed by atoms with Gasteiger partial charge in [0.25, 0.3) is 0 Å². The molecule has 8 heteroatoms. The molecule has 0 aliphatic carbocycles. The van der Waals surface area contributed by atoms with Crippen LogP contribution in [0.5, 0.6) is 0 Å². The molecule has 0 saturated heterocycles. The van der Waals surface area contributed by atoms with E-state index in [1.807, 2.05) is 37.4 Å². The Morgan fingerprint density at radius 2 is 2.22 bits per heavy atom. The summed E-state index contributed by atoms with van der Waals surface area (Å²) >= 11 is 1.55. The van der Waals surface area contributed by atoms with E-state index in [0.29, 0.717) is 5.69 Å². The van der Waals surface area contributed by atoms with E-state index >= 15 is 0 Å². The summed E-state index contributed by atoms with van der Waals surface area (Å²) in [5.41, 5.74) is 3.31. The predicted molar refractivity (Wildman–Crippen MR) is 88.4 cm³/mol. The van der Waals surface area contributed by atoms with Gasteiger partial charge in [-0.2, -0.15) is 0 Å². The number of rotatable bonds is 4. The van der Waals surface area contributed by atoms with Crippen LogP contribution in [0.1, 0.15) is 16.3 Å². The topological polar surface area (TPSA) is 85.6 Å². The average molecular weight is 326 g/mol. The van der Waals surface area contributed by atoms with Crippen molar-refractivity contribution in [3.8, 4) is 5.69 Å². The molecule has 1 aromatic carbocycles. The van der Waals surface area contributed by atoms with Crippen LogP contribution in [0.25, 0.3) is 11.8 Å². The van der Waals surface area contributed by atoms with Gasteiger partial charge >= 0.3 is 0 Å². The second-order valence-corrected chi connectivity index (χ2v) is 5.93. The van der Waals surface area contributed by atoms with Crippen molar-refractivity contribution in [2.45, 2.75) is 13.8 Å². The first kappa shape index (κ1) is 15.0. The Bertz CT molecular complexity index is 853. The van der Waals surface area contributed by atoms with Crippen LogP contribution in [0.3, 0.4) is 0 Å². The molecule has 7 nitrogen and oxygen atoms in total. The summed E-state index contributed by atoms with van der Waals surface area (Å²) in [7, 11) is 0. The first-order valence-corrected chi connectivity index (χ1v) is 7.75. The summed E-state index contributed by atoms with van der Waals surface area (Å²) in [6.07, 6.45) is 4.69. The molecule has 23 heavy (non-hydrogen) atoms. The molecule has 3 aromatic rings. The smallest absolute Gasteiger partial charge is 0.248 e. The molecule has 0 aliphatic heterocycles. The average Bonchev–Trinajstić information content (AvgIpc) is 3.17. The number of anilines is 1. The number of nitrogens with one attached hydrogen (secondary N) is 1. The van der Waals surface area contributed by atoms with Gasteiger partial charge in [0.05, 0.1) is 16.4 Å². The highest BCUT2D eigenvalue weighted by Gasteiger charge is 2.05. The van der Waals surface area contributed by atoms with Gasteiger partial charge in [0.15, 0.2) is 0 Å². The normalized spacial score (nSPS) is 11.0. The lowest BCUT2D eigenvalue weighted by atomic mass is 10.2. The highest BCUT2D eigenvalue weighted by atomic mass is 32.1. The van der Waals surface area contributed by atoms with Gasteiger partial charge in [-0.3, -0.25) is 4.79 Å². The summed E-state index contributed by atoms with van der Waals surface area (Å²) < 4.78 is 1.57. The van der Waals surface area contributed by atoms with E-state index in [2.05, 4.69) is 25.8 Å². The van der Waals surface area contributed by atoms with Crippen LogP contribution in [-0.4, -0.2) is 31.1 Å². The Hall–Kier alpha value is -2.87. The van der Waals surface area contributed by atoms with Crippen LogP contribution in [0, 0.1) is 13.8 Å². The van der Waals surface area contributed by atoms with E-state index < -0.39 is 0 Å². The van der Waals surface area contributed by atoms with E-state index in [1.54, 1.807) is 22.1 Å². The Kier molecular flexibility index (Phi) is 4.24. The molecule has 116 valence electrons. The van der Waals surface area contributed by atoms with Crippen LogP contribution < -0.4 is 5.32 Å². The largest absolute Gasteiger partial charge is 0.323 e. The van der Waals surface area contributed by atoms with Crippen molar-refractivity contribution in [2.24, 2.45) is 0 Å². The van der Waals surface area contributed by atoms with Crippen molar-refractivity contribution in [1.29, 1.82) is 0 Å². The fraction of sp³-hybridized carbons (Fsp3) is 0.133. The number of tetrazole rings is 1. The maximum Gasteiger partial charge on any atom is 0.248 e. The second kappa shape index (κ2) is 6.49. The molecule has 0 radical (unpaired) electrons. The Morgan fingerprint density at radius 1 is 1.35 bits per heavy atom. The summed E-state index contributed by atoms with van der Waals surface area (Å²) in [5.74, 6) is -0.203. The summed E-state index contributed by atoms with van der Waals surface area (Å²) in [4.78, 5) is 16.2. The fourth-order valence-electron chi connectivity index (χ4n) is 2.06. The summed E-state index contributed by atoms with van der Waals surface area (Å²) in [6, 6.07) is 5.54. The van der Waals surface area contributed by atoms with Crippen LogP contribution >= 0.6 is 11.3 Å². The maximum absolute atomic E-state index is 12.0. The maximum atomic E-state index is 12.0. The second-order valence-electron chi connectivity index (χ2n) is 4.87. The number of aryl methyl sites for hydroxylation is 2. The standard InChI is InChI=1S/C15H14N6OS/c1-10-7-12(3-5-14(10)21-9-16-19-20-21)18-15(22)6-4-13-8-23-11(2)17-13/h3-9H,1-2H3,(H,18,22)/b6-4+. The first-order chi connectivity index (χ1) is 11.1. The third-order valence-corrected chi connectivity index (χ3v) is 3.89. The van der Waals surface area contributed by atoms with E-state index in [1.165, 1.54) is 12.4 Å². The van der Waals surface area contributed by atoms with Crippen molar-refractivity contribution in [1.82, 2.24) is 25.2 Å². The minimum atomic E-state index is -0.203. The number of amides is 1. The highest BCUT2D eigenvalue weighted by molar-refractivity contribution is 7.09. The SMILES string of the molecule is Cc1nc(/C=C/C(=O)Nc2ccc(-n3cnnn3)c(C)c2)cs1. The number of carbonyl (C=O) groups is 1. The van der Waals surface area contributed by atoms with Crippen molar-refractivity contribution in [3.05, 3.63) is 52.2 Å². The predicted octanol–water partition coefficient (Wildman–Crippen LogP) is 2.39. The molecular formula is C15H14N6OS. The molecule has 0 atom stereocenters. The van der Waals surface area contributed by atoms with Gasteiger partial charge < -0.3 is 5.32 Å². The number of nitrogens with zero attached hydrogens (tertiary/aromatic N) is 5. The van der Waals surface area contributed by atoms with Crippen LogP contribution in [0.15, 0.2) is 36.0 Å². The fourth-order valence-corrected chi connectivity index (χ4v) is 2.64. The monoisotopic (exact) mass is 326 g/mol. The number of hydrogen-bond donors (Lipinski definition) is 1. The first-order valence-electron chi connectivity index (χ1n) is 6.87.